The van der Waals surface area contributed by atoms with Gasteiger partial charge in [0.1, 0.15) is 0 Å². The van der Waals surface area contributed by atoms with Crippen LogP contribution in [0.25, 0.3) is 10.8 Å². The molecule has 5 heteroatoms. The van der Waals surface area contributed by atoms with Crippen molar-refractivity contribution in [2.45, 2.75) is 39.5 Å². The number of hydrogen-bond donors (Lipinski definition) is 0. The standard InChI is InChI=1S/C9H7.C6H7.C4H12Si2.2ClH.Zr/c1-2-5-9-7-3-6-8(9)4-1;1-6-4-2-3-5-6;1-5(2)6(3)4;;;/h1-7H;4-5H,2H2,1H3;1-4H3;2*1H;/q2*-1;;;;+2. The third-order valence-electron chi connectivity index (χ3n) is 3.42. The van der Waals surface area contributed by atoms with Gasteiger partial charge in [0.15, 0.2) is 0 Å². The SMILES string of the molecule is CC1=CC[C-]=C1.C[Si](C)[Si](C)C.Cl.Cl.[Zr+2].c1ccc2[cH-]ccc2c1. The normalized spacial score (nSPS) is 11.2. The molecule has 24 heavy (non-hydrogen) atoms. The minimum absolute atomic E-state index is 0. The van der Waals surface area contributed by atoms with E-state index in [1.165, 1.54) is 16.3 Å². The Morgan fingerprint density at radius 3 is 1.92 bits per heavy atom. The Labute approximate surface area is 183 Å². The van der Waals surface area contributed by atoms with Crippen LogP contribution in [-0.2, 0) is 26.2 Å². The average molecular weight is 475 g/mol. The summed E-state index contributed by atoms with van der Waals surface area (Å²) in [5.41, 5.74) is 1.34. The Balaban J connectivity index is -0.000000268. The Morgan fingerprint density at radius 2 is 1.54 bits per heavy atom. The maximum atomic E-state index is 3.05. The average Bonchev–Trinajstić information content (AvgIpc) is 3.10. The molecule has 2 aromatic carbocycles. The van der Waals surface area contributed by atoms with Crippen molar-refractivity contribution in [2.75, 3.05) is 0 Å². The van der Waals surface area contributed by atoms with E-state index in [-0.39, 0.29) is 67.6 Å². The van der Waals surface area contributed by atoms with E-state index in [0.29, 0.717) is 0 Å². The fourth-order valence-corrected chi connectivity index (χ4v) is 1.57. The van der Waals surface area contributed by atoms with Crippen LogP contribution in [0, 0.1) is 6.08 Å². The summed E-state index contributed by atoms with van der Waals surface area (Å²) in [5.74, 6) is 0. The molecule has 0 fully saturated rings. The second-order valence-corrected chi connectivity index (χ2v) is 15.7. The molecule has 0 nitrogen and oxygen atoms in total. The zero-order valence-electron chi connectivity index (χ0n) is 15.2. The summed E-state index contributed by atoms with van der Waals surface area (Å²) in [6, 6.07) is 14.7. The summed E-state index contributed by atoms with van der Waals surface area (Å²) in [7, 11) is 0.300. The molecule has 0 spiro atoms. The molecular formula is C19H28Cl2Si2Zr. The van der Waals surface area contributed by atoms with E-state index in [9.17, 15) is 0 Å². The molecule has 1 aliphatic rings. The van der Waals surface area contributed by atoms with Crippen molar-refractivity contribution >= 4 is 52.2 Å². The van der Waals surface area contributed by atoms with Gasteiger partial charge in [-0.2, -0.15) is 23.6 Å². The second-order valence-electron chi connectivity index (χ2n) is 5.66. The van der Waals surface area contributed by atoms with Gasteiger partial charge in [0.25, 0.3) is 0 Å². The molecule has 0 unspecified atom stereocenters. The zero-order chi connectivity index (χ0) is 15.7. The predicted molar refractivity (Wildman–Crippen MR) is 115 cm³/mol. The number of allylic oxidation sites excluding steroid dienone is 4. The molecule has 2 aromatic rings. The van der Waals surface area contributed by atoms with Crippen molar-refractivity contribution < 1.29 is 26.2 Å². The molecule has 130 valence electrons. The molecule has 1 aliphatic carbocycles. The summed E-state index contributed by atoms with van der Waals surface area (Å²) < 4.78 is 0. The van der Waals surface area contributed by atoms with Gasteiger partial charge in [-0.3, -0.25) is 6.08 Å². The third-order valence-corrected chi connectivity index (χ3v) is 11.4. The molecule has 0 aliphatic heterocycles. The summed E-state index contributed by atoms with van der Waals surface area (Å²) in [6.45, 7) is 11.6. The van der Waals surface area contributed by atoms with E-state index < -0.39 is 0 Å². The van der Waals surface area contributed by atoms with E-state index >= 15 is 0 Å². The van der Waals surface area contributed by atoms with Crippen LogP contribution >= 0.6 is 24.8 Å². The number of hydrogen-bond acceptors (Lipinski definition) is 0. The first kappa shape index (κ1) is 29.0. The minimum Gasteiger partial charge on any atom is -0.273 e. The summed E-state index contributed by atoms with van der Waals surface area (Å²) in [5, 5.41) is 2.66. The van der Waals surface area contributed by atoms with Gasteiger partial charge < -0.3 is 0 Å². The molecule has 0 saturated heterocycles. The maximum absolute atomic E-state index is 3.05. The van der Waals surface area contributed by atoms with Gasteiger partial charge in [0.2, 0.25) is 0 Å². The van der Waals surface area contributed by atoms with Crippen LogP contribution in [0.2, 0.25) is 26.2 Å². The van der Waals surface area contributed by atoms with Crippen molar-refractivity contribution in [3.05, 3.63) is 66.3 Å². The van der Waals surface area contributed by atoms with E-state index in [1.54, 1.807) is 0 Å². The Morgan fingerprint density at radius 1 is 0.958 bits per heavy atom. The number of benzene rings is 1. The van der Waals surface area contributed by atoms with Crippen molar-refractivity contribution in [3.63, 3.8) is 0 Å². The fourth-order valence-electron chi connectivity index (χ4n) is 1.57. The molecule has 0 heterocycles. The number of halogens is 2. The zero-order valence-corrected chi connectivity index (χ0v) is 21.3. The summed E-state index contributed by atoms with van der Waals surface area (Å²) in [6.07, 6.45) is 8.24. The van der Waals surface area contributed by atoms with Gasteiger partial charge in [-0.05, 0) is 0 Å². The Hall–Kier alpha value is 0.207. The molecule has 0 aromatic heterocycles. The maximum Gasteiger partial charge on any atom is 2.00 e. The van der Waals surface area contributed by atoms with Gasteiger partial charge >= 0.3 is 26.2 Å². The van der Waals surface area contributed by atoms with Crippen LogP contribution in [0.5, 0.6) is 0 Å². The first-order valence-corrected chi connectivity index (χ1v) is 13.4. The van der Waals surface area contributed by atoms with Crippen LogP contribution in [0.1, 0.15) is 13.3 Å². The van der Waals surface area contributed by atoms with Crippen molar-refractivity contribution in [1.29, 1.82) is 0 Å². The van der Waals surface area contributed by atoms with E-state index in [4.69, 9.17) is 0 Å². The van der Waals surface area contributed by atoms with E-state index in [0.717, 1.165) is 6.42 Å². The molecule has 0 bridgehead atoms. The van der Waals surface area contributed by atoms with Crippen LogP contribution in [0.3, 0.4) is 0 Å². The molecule has 3 rings (SSSR count). The predicted octanol–water partition coefficient (Wildman–Crippen LogP) is 6.67. The van der Waals surface area contributed by atoms with Gasteiger partial charge in [0.05, 0.1) is 0 Å². The molecular weight excluding hydrogens is 447 g/mol. The molecule has 0 amide bonds. The smallest absolute Gasteiger partial charge is 0.273 e. The summed E-state index contributed by atoms with van der Waals surface area (Å²) >= 11 is 0. The second kappa shape index (κ2) is 16.7. The quantitative estimate of drug-likeness (QED) is 0.320. The van der Waals surface area contributed by atoms with Crippen LogP contribution in [0.15, 0.2) is 60.2 Å². The van der Waals surface area contributed by atoms with Crippen LogP contribution in [-0.4, -0.2) is 16.6 Å². The van der Waals surface area contributed by atoms with Crippen LogP contribution < -0.4 is 0 Å². The van der Waals surface area contributed by atoms with Crippen molar-refractivity contribution in [2.24, 2.45) is 0 Å². The Kier molecular flexibility index (Phi) is 20.1. The first-order valence-electron chi connectivity index (χ1n) is 7.45. The van der Waals surface area contributed by atoms with Crippen molar-refractivity contribution in [3.8, 4) is 0 Å². The largest absolute Gasteiger partial charge is 2.00 e. The van der Waals surface area contributed by atoms with E-state index in [1.807, 2.05) is 6.08 Å². The van der Waals surface area contributed by atoms with Gasteiger partial charge in [-0.15, -0.1) is 67.8 Å². The first-order chi connectivity index (χ1) is 10.0. The third kappa shape index (κ3) is 12.6. The number of fused-ring (bicyclic) bond motifs is 1. The van der Waals surface area contributed by atoms with Crippen LogP contribution in [0.4, 0.5) is 0 Å². The topological polar surface area (TPSA) is 0 Å². The van der Waals surface area contributed by atoms with E-state index in [2.05, 4.69) is 87.7 Å². The van der Waals surface area contributed by atoms with Crippen molar-refractivity contribution in [1.82, 2.24) is 0 Å². The fraction of sp³-hybridized carbons (Fsp3) is 0.316. The van der Waals surface area contributed by atoms with Gasteiger partial charge in [-0.25, -0.2) is 11.6 Å². The molecule has 2 radical (unpaired) electrons. The van der Waals surface area contributed by atoms with Gasteiger partial charge in [-0.1, -0.05) is 32.3 Å². The molecule has 0 saturated carbocycles. The van der Waals surface area contributed by atoms with Gasteiger partial charge in [0, 0.05) is 16.6 Å². The number of rotatable bonds is 1. The minimum atomic E-state index is 0. The monoisotopic (exact) mass is 472 g/mol. The molecule has 0 N–H and O–H groups in total. The molecule has 0 atom stereocenters. The summed E-state index contributed by atoms with van der Waals surface area (Å²) in [4.78, 5) is 0. The Bertz CT molecular complexity index is 551.